The van der Waals surface area contributed by atoms with E-state index in [1.54, 1.807) is 0 Å². The standard InChI is InChI=1S/C2H6BrN/c1-2(3)4/h2H,4H2,1H3. The van der Waals surface area contributed by atoms with Crippen molar-refractivity contribution in [3.63, 3.8) is 0 Å². The second kappa shape index (κ2) is 1.73. The first-order chi connectivity index (χ1) is 1.73. The molecule has 0 aromatic rings. The average molecular weight is 124 g/mol. The van der Waals surface area contributed by atoms with E-state index in [1.807, 2.05) is 6.92 Å². The molecule has 0 aromatic carbocycles. The molecular formula is C2H6BrN. The molecule has 0 saturated carbocycles. The summed E-state index contributed by atoms with van der Waals surface area (Å²) < 4.78 is 0. The Hall–Kier alpha value is 0.440. The summed E-state index contributed by atoms with van der Waals surface area (Å²) in [6.07, 6.45) is 0. The van der Waals surface area contributed by atoms with Gasteiger partial charge in [-0.3, -0.25) is 0 Å². The van der Waals surface area contributed by atoms with Crippen LogP contribution in [0.15, 0.2) is 0 Å². The van der Waals surface area contributed by atoms with Crippen molar-refractivity contribution in [2.45, 2.75) is 11.9 Å². The zero-order chi connectivity index (χ0) is 3.58. The zero-order valence-corrected chi connectivity index (χ0v) is 4.12. The number of halogens is 1. The molecule has 4 heavy (non-hydrogen) atoms. The average Bonchev–Trinajstić information content (AvgIpc) is 0.811. The van der Waals surface area contributed by atoms with Gasteiger partial charge < -0.3 is 5.73 Å². The van der Waals surface area contributed by atoms with Crippen LogP contribution in [0.1, 0.15) is 6.92 Å². The Morgan fingerprint density at radius 1 is 2.00 bits per heavy atom. The largest absolute Gasteiger partial charge is 0.319 e. The molecule has 0 aliphatic rings. The van der Waals surface area contributed by atoms with Crippen LogP contribution >= 0.6 is 15.9 Å². The van der Waals surface area contributed by atoms with E-state index < -0.39 is 0 Å². The van der Waals surface area contributed by atoms with Gasteiger partial charge in [0.1, 0.15) is 0 Å². The van der Waals surface area contributed by atoms with E-state index in [2.05, 4.69) is 15.9 Å². The molecule has 0 heterocycles. The maximum Gasteiger partial charge on any atom is 0.0577 e. The van der Waals surface area contributed by atoms with Gasteiger partial charge in [-0.1, -0.05) is 15.9 Å². The van der Waals surface area contributed by atoms with Crippen molar-refractivity contribution in [3.05, 3.63) is 0 Å². The van der Waals surface area contributed by atoms with E-state index in [1.165, 1.54) is 0 Å². The van der Waals surface area contributed by atoms with Crippen LogP contribution in [-0.4, -0.2) is 4.95 Å². The van der Waals surface area contributed by atoms with Gasteiger partial charge in [-0.2, -0.15) is 0 Å². The first-order valence-electron chi connectivity index (χ1n) is 1.13. The van der Waals surface area contributed by atoms with Crippen LogP contribution < -0.4 is 5.73 Å². The van der Waals surface area contributed by atoms with Crippen molar-refractivity contribution in [1.29, 1.82) is 0 Å². The molecule has 0 bridgehead atoms. The summed E-state index contributed by atoms with van der Waals surface area (Å²) in [5.74, 6) is 0. The normalized spacial score (nSPS) is 15.8. The Balaban J connectivity index is 2.32. The number of nitrogens with two attached hydrogens (primary N) is 1. The van der Waals surface area contributed by atoms with Crippen molar-refractivity contribution in [2.75, 3.05) is 0 Å². The third-order valence-electron chi connectivity index (χ3n) is 0. The molecule has 2 N–H and O–H groups in total. The fourth-order valence-electron chi connectivity index (χ4n) is 0. The summed E-state index contributed by atoms with van der Waals surface area (Å²) in [5, 5.41) is 0. The molecule has 0 aromatic heterocycles. The molecule has 0 fully saturated rings. The second-order valence-electron chi connectivity index (χ2n) is 0.678. The molecule has 0 aliphatic heterocycles. The van der Waals surface area contributed by atoms with Crippen LogP contribution in [0.3, 0.4) is 0 Å². The van der Waals surface area contributed by atoms with Crippen LogP contribution in [0.2, 0.25) is 0 Å². The van der Waals surface area contributed by atoms with Crippen LogP contribution in [0.4, 0.5) is 0 Å². The Morgan fingerprint density at radius 3 is 2.00 bits per heavy atom. The molecule has 0 rings (SSSR count). The molecule has 0 radical (unpaired) electrons. The van der Waals surface area contributed by atoms with Crippen molar-refractivity contribution in [1.82, 2.24) is 0 Å². The van der Waals surface area contributed by atoms with Gasteiger partial charge in [-0.25, -0.2) is 0 Å². The van der Waals surface area contributed by atoms with E-state index in [9.17, 15) is 0 Å². The lowest BCUT2D eigenvalue weighted by Gasteiger charge is -1.78. The highest BCUT2D eigenvalue weighted by Gasteiger charge is 1.70. The molecule has 1 atom stereocenters. The van der Waals surface area contributed by atoms with Crippen molar-refractivity contribution >= 4 is 15.9 Å². The van der Waals surface area contributed by atoms with E-state index in [0.29, 0.717) is 0 Å². The van der Waals surface area contributed by atoms with E-state index in [-0.39, 0.29) is 4.95 Å². The minimum absolute atomic E-state index is 0.146. The highest BCUT2D eigenvalue weighted by Crippen LogP contribution is 1.80. The Bertz CT molecular complexity index is 10.8. The minimum Gasteiger partial charge on any atom is -0.319 e. The molecule has 1 unspecified atom stereocenters. The summed E-state index contributed by atoms with van der Waals surface area (Å²) in [7, 11) is 0. The molecule has 26 valence electrons. The zero-order valence-electron chi connectivity index (χ0n) is 2.53. The number of hydrogen-bond donors (Lipinski definition) is 1. The molecule has 0 amide bonds. The van der Waals surface area contributed by atoms with Crippen LogP contribution in [-0.2, 0) is 0 Å². The Morgan fingerprint density at radius 2 is 2.00 bits per heavy atom. The molecule has 1 nitrogen and oxygen atoms in total. The van der Waals surface area contributed by atoms with Gasteiger partial charge in [0.05, 0.1) is 4.95 Å². The lowest BCUT2D eigenvalue weighted by molar-refractivity contribution is 1.07. The summed E-state index contributed by atoms with van der Waals surface area (Å²) in [5.41, 5.74) is 5.03. The van der Waals surface area contributed by atoms with E-state index in [4.69, 9.17) is 5.73 Å². The first-order valence-corrected chi connectivity index (χ1v) is 2.04. The predicted molar refractivity (Wildman–Crippen MR) is 22.6 cm³/mol. The van der Waals surface area contributed by atoms with Gasteiger partial charge in [-0.15, -0.1) is 0 Å². The van der Waals surface area contributed by atoms with Gasteiger partial charge in [0.25, 0.3) is 0 Å². The topological polar surface area (TPSA) is 26.0 Å². The maximum atomic E-state index is 5.03. The monoisotopic (exact) mass is 123 g/mol. The minimum atomic E-state index is 0.146. The molecule has 0 spiro atoms. The van der Waals surface area contributed by atoms with Gasteiger partial charge in [0.2, 0.25) is 0 Å². The Kier molecular flexibility index (Phi) is 1.92. The van der Waals surface area contributed by atoms with Gasteiger partial charge in [0, 0.05) is 0 Å². The van der Waals surface area contributed by atoms with E-state index >= 15 is 0 Å². The highest BCUT2D eigenvalue weighted by molar-refractivity contribution is 9.09. The summed E-state index contributed by atoms with van der Waals surface area (Å²) >= 11 is 3.05. The van der Waals surface area contributed by atoms with E-state index in [0.717, 1.165) is 0 Å². The first kappa shape index (κ1) is 4.44. The smallest absolute Gasteiger partial charge is 0.0577 e. The van der Waals surface area contributed by atoms with Crippen LogP contribution in [0.5, 0.6) is 0 Å². The van der Waals surface area contributed by atoms with Crippen molar-refractivity contribution in [3.8, 4) is 0 Å². The summed E-state index contributed by atoms with van der Waals surface area (Å²) in [6, 6.07) is 0. The molecular weight excluding hydrogens is 118 g/mol. The number of hydrogen-bond acceptors (Lipinski definition) is 1. The van der Waals surface area contributed by atoms with Gasteiger partial charge >= 0.3 is 0 Å². The van der Waals surface area contributed by atoms with Gasteiger partial charge in [0.15, 0.2) is 0 Å². The third kappa shape index (κ3) is 26.1. The lowest BCUT2D eigenvalue weighted by Crippen LogP contribution is -2.02. The summed E-state index contributed by atoms with van der Waals surface area (Å²) in [6.45, 7) is 1.86. The van der Waals surface area contributed by atoms with Crippen LogP contribution in [0, 0.1) is 0 Å². The fourth-order valence-corrected chi connectivity index (χ4v) is 0. The van der Waals surface area contributed by atoms with Crippen molar-refractivity contribution < 1.29 is 0 Å². The maximum absolute atomic E-state index is 5.03. The van der Waals surface area contributed by atoms with Gasteiger partial charge in [-0.05, 0) is 6.92 Å². The second-order valence-corrected chi connectivity index (χ2v) is 2.12. The number of alkyl halides is 1. The lowest BCUT2D eigenvalue weighted by atomic mass is 10.8. The van der Waals surface area contributed by atoms with Crippen LogP contribution in [0.25, 0.3) is 0 Å². The summed E-state index contributed by atoms with van der Waals surface area (Å²) in [4.78, 5) is 0.146. The Labute approximate surface area is 34.3 Å². The SMILES string of the molecule is CC(N)Br. The highest BCUT2D eigenvalue weighted by atomic mass is 79.9. The molecule has 0 aliphatic carbocycles. The quantitative estimate of drug-likeness (QED) is 0.373. The molecule has 2 heteroatoms. The third-order valence-corrected chi connectivity index (χ3v) is 0. The fraction of sp³-hybridized carbons (Fsp3) is 1.00. The van der Waals surface area contributed by atoms with Crippen molar-refractivity contribution in [2.24, 2.45) is 5.73 Å². The molecule has 0 saturated heterocycles. The number of rotatable bonds is 0. The predicted octanol–water partition coefficient (Wildman–Crippen LogP) is 0.686.